The largest absolute Gasteiger partial charge is 0.324 e. The van der Waals surface area contributed by atoms with E-state index in [-0.39, 0.29) is 16.9 Å². The molecule has 0 spiro atoms. The number of amides is 1. The maximum absolute atomic E-state index is 14.7. The Hall–Kier alpha value is -3.19. The molecule has 0 unspecified atom stereocenters. The highest BCUT2D eigenvalue weighted by Gasteiger charge is 2.29. The van der Waals surface area contributed by atoms with Gasteiger partial charge in [0.05, 0.1) is 0 Å². The predicted octanol–water partition coefficient (Wildman–Crippen LogP) is 4.48. The minimum atomic E-state index is -0.625. The van der Waals surface area contributed by atoms with Crippen molar-refractivity contribution >= 4 is 35.1 Å². The zero-order chi connectivity index (χ0) is 19.7. The van der Waals surface area contributed by atoms with Crippen molar-refractivity contribution in [1.29, 1.82) is 0 Å². The lowest BCUT2D eigenvalue weighted by Gasteiger charge is -2.25. The maximum Gasteiger partial charge on any atom is 0.250 e. The van der Waals surface area contributed by atoms with Gasteiger partial charge in [-0.2, -0.15) is 4.98 Å². The monoisotopic (exact) mass is 397 g/mol. The molecule has 1 aliphatic heterocycles. The van der Waals surface area contributed by atoms with Gasteiger partial charge < -0.3 is 5.32 Å². The van der Waals surface area contributed by atoms with Crippen LogP contribution in [-0.2, 0) is 4.79 Å². The van der Waals surface area contributed by atoms with Gasteiger partial charge in [-0.15, -0.1) is 5.10 Å². The normalized spacial score (nSPS) is 15.4. The first-order chi connectivity index (χ1) is 13.6. The first kappa shape index (κ1) is 18.2. The van der Waals surface area contributed by atoms with Gasteiger partial charge in [0.25, 0.3) is 5.95 Å². The zero-order valence-corrected chi connectivity index (χ0v) is 15.7. The van der Waals surface area contributed by atoms with E-state index in [1.54, 1.807) is 19.1 Å². The standard InChI is InChI=1S/C20H17ClFN5O/c1-2-17(28)24-19-25-20-23-15(12-7-4-3-5-8-12)11-16(27(20)26-19)18-13(21)9-6-10-14(18)22/h3-11,16H,2H2,1H3,(H2,23,24,25,26,28)/t16-/m0/s1. The van der Waals surface area contributed by atoms with Crippen LogP contribution in [0.4, 0.5) is 16.3 Å². The number of carbonyl (C=O) groups excluding carboxylic acids is 1. The summed E-state index contributed by atoms with van der Waals surface area (Å²) >= 11 is 6.32. The Bertz CT molecular complexity index is 1040. The number of aromatic nitrogens is 3. The molecule has 1 atom stereocenters. The molecular formula is C20H17ClFN5O. The highest BCUT2D eigenvalue weighted by molar-refractivity contribution is 6.31. The molecule has 28 heavy (non-hydrogen) atoms. The maximum atomic E-state index is 14.7. The number of hydrogen-bond acceptors (Lipinski definition) is 4. The molecule has 1 aliphatic rings. The number of hydrogen-bond donors (Lipinski definition) is 2. The fourth-order valence-electron chi connectivity index (χ4n) is 3.04. The fraction of sp³-hybridized carbons (Fsp3) is 0.150. The molecule has 2 N–H and O–H groups in total. The van der Waals surface area contributed by atoms with E-state index in [1.165, 1.54) is 10.7 Å². The van der Waals surface area contributed by atoms with Crippen LogP contribution in [0.3, 0.4) is 0 Å². The second-order valence-electron chi connectivity index (χ2n) is 6.26. The summed E-state index contributed by atoms with van der Waals surface area (Å²) in [5.41, 5.74) is 1.95. The van der Waals surface area contributed by atoms with Crippen LogP contribution in [0.5, 0.6) is 0 Å². The molecule has 0 saturated carbocycles. The molecule has 6 nitrogen and oxygen atoms in total. The fourth-order valence-corrected chi connectivity index (χ4v) is 3.32. The second-order valence-corrected chi connectivity index (χ2v) is 6.66. The molecule has 1 aromatic heterocycles. The topological polar surface area (TPSA) is 71.8 Å². The van der Waals surface area contributed by atoms with Crippen LogP contribution in [-0.4, -0.2) is 20.7 Å². The molecule has 142 valence electrons. The molecule has 1 amide bonds. The van der Waals surface area contributed by atoms with E-state index in [2.05, 4.69) is 20.7 Å². The van der Waals surface area contributed by atoms with Crippen LogP contribution < -0.4 is 10.6 Å². The zero-order valence-electron chi connectivity index (χ0n) is 15.0. The van der Waals surface area contributed by atoms with Crippen molar-refractivity contribution in [3.63, 3.8) is 0 Å². The molecule has 0 aliphatic carbocycles. The Balaban J connectivity index is 1.84. The van der Waals surface area contributed by atoms with E-state index >= 15 is 0 Å². The van der Waals surface area contributed by atoms with Crippen molar-refractivity contribution in [1.82, 2.24) is 14.8 Å². The lowest BCUT2D eigenvalue weighted by Crippen LogP contribution is -2.21. The smallest absolute Gasteiger partial charge is 0.250 e. The first-order valence-electron chi connectivity index (χ1n) is 8.81. The van der Waals surface area contributed by atoms with E-state index in [0.29, 0.717) is 17.9 Å². The first-order valence-corrected chi connectivity index (χ1v) is 9.19. The summed E-state index contributed by atoms with van der Waals surface area (Å²) in [4.78, 5) is 16.1. The number of halogens is 2. The quantitative estimate of drug-likeness (QED) is 0.681. The van der Waals surface area contributed by atoms with Gasteiger partial charge in [0.15, 0.2) is 0 Å². The second kappa shape index (κ2) is 7.44. The van der Waals surface area contributed by atoms with E-state index in [1.807, 2.05) is 36.4 Å². The van der Waals surface area contributed by atoms with Crippen molar-refractivity contribution < 1.29 is 9.18 Å². The van der Waals surface area contributed by atoms with E-state index < -0.39 is 11.9 Å². The summed E-state index contributed by atoms with van der Waals surface area (Å²) in [6.45, 7) is 1.74. The van der Waals surface area contributed by atoms with Crippen molar-refractivity contribution in [2.24, 2.45) is 0 Å². The van der Waals surface area contributed by atoms with Crippen LogP contribution in [0.15, 0.2) is 54.6 Å². The number of rotatable bonds is 4. The number of benzene rings is 2. The van der Waals surface area contributed by atoms with E-state index in [0.717, 1.165) is 11.3 Å². The number of allylic oxidation sites excluding steroid dienone is 1. The summed E-state index contributed by atoms with van der Waals surface area (Å²) < 4.78 is 16.2. The van der Waals surface area contributed by atoms with Gasteiger partial charge >= 0.3 is 0 Å². The van der Waals surface area contributed by atoms with Gasteiger partial charge in [-0.05, 0) is 23.8 Å². The SMILES string of the molecule is CCC(=O)Nc1nc2n(n1)[C@H](c1c(F)cccc1Cl)C=C(c1ccccc1)N2. The summed E-state index contributed by atoms with van der Waals surface area (Å²) in [5, 5.41) is 10.5. The third-order valence-electron chi connectivity index (χ3n) is 4.42. The van der Waals surface area contributed by atoms with Crippen LogP contribution in [0.2, 0.25) is 5.02 Å². The summed E-state index contributed by atoms with van der Waals surface area (Å²) in [7, 11) is 0. The highest BCUT2D eigenvalue weighted by Crippen LogP contribution is 2.37. The Morgan fingerprint density at radius 1 is 1.25 bits per heavy atom. The molecule has 2 heterocycles. The number of nitrogens with one attached hydrogen (secondary N) is 2. The van der Waals surface area contributed by atoms with Gasteiger partial charge in [-0.25, -0.2) is 9.07 Å². The number of carbonyl (C=O) groups is 1. The van der Waals surface area contributed by atoms with Crippen LogP contribution in [0, 0.1) is 5.82 Å². The molecule has 3 aromatic rings. The molecule has 4 rings (SSSR count). The molecule has 0 radical (unpaired) electrons. The summed E-state index contributed by atoms with van der Waals surface area (Å²) in [6.07, 6.45) is 2.14. The Labute approximate surface area is 166 Å². The van der Waals surface area contributed by atoms with Crippen molar-refractivity contribution in [2.45, 2.75) is 19.4 Å². The van der Waals surface area contributed by atoms with Gasteiger partial charge in [0, 0.05) is 22.7 Å². The third kappa shape index (κ3) is 3.36. The van der Waals surface area contributed by atoms with Gasteiger partial charge in [0.1, 0.15) is 11.9 Å². The Morgan fingerprint density at radius 2 is 2.04 bits per heavy atom. The number of fused-ring (bicyclic) bond motifs is 1. The lowest BCUT2D eigenvalue weighted by atomic mass is 10.0. The average molecular weight is 398 g/mol. The van der Waals surface area contributed by atoms with E-state index in [4.69, 9.17) is 11.6 Å². The predicted molar refractivity (Wildman–Crippen MR) is 107 cm³/mol. The molecule has 0 bridgehead atoms. The molecule has 0 fully saturated rings. The number of anilines is 2. The van der Waals surface area contributed by atoms with Gasteiger partial charge in [-0.3, -0.25) is 10.1 Å². The molecule has 8 heteroatoms. The van der Waals surface area contributed by atoms with Gasteiger partial charge in [-0.1, -0.05) is 54.9 Å². The molecule has 0 saturated heterocycles. The molecular weight excluding hydrogens is 381 g/mol. The van der Waals surface area contributed by atoms with Crippen LogP contribution in [0.25, 0.3) is 5.70 Å². The summed E-state index contributed by atoms with van der Waals surface area (Å²) in [5.74, 6) is -0.116. The minimum absolute atomic E-state index is 0.148. The lowest BCUT2D eigenvalue weighted by molar-refractivity contribution is -0.115. The van der Waals surface area contributed by atoms with Crippen LogP contribution in [0.1, 0.15) is 30.5 Å². The summed E-state index contributed by atoms with van der Waals surface area (Å²) in [6, 6.07) is 13.5. The minimum Gasteiger partial charge on any atom is -0.324 e. The van der Waals surface area contributed by atoms with Crippen molar-refractivity contribution in [3.8, 4) is 0 Å². The van der Waals surface area contributed by atoms with E-state index in [9.17, 15) is 9.18 Å². The average Bonchev–Trinajstić information content (AvgIpc) is 3.10. The molecule has 2 aromatic carbocycles. The van der Waals surface area contributed by atoms with Gasteiger partial charge in [0.2, 0.25) is 11.9 Å². The Morgan fingerprint density at radius 3 is 2.75 bits per heavy atom. The third-order valence-corrected chi connectivity index (χ3v) is 4.75. The van der Waals surface area contributed by atoms with Crippen molar-refractivity contribution in [3.05, 3.63) is 76.6 Å². The van der Waals surface area contributed by atoms with Crippen LogP contribution >= 0.6 is 11.6 Å². The highest BCUT2D eigenvalue weighted by atomic mass is 35.5. The van der Waals surface area contributed by atoms with Crippen molar-refractivity contribution in [2.75, 3.05) is 10.6 Å². The number of nitrogens with zero attached hydrogens (tertiary/aromatic N) is 3. The Kier molecular flexibility index (Phi) is 4.83.